The Bertz CT molecular complexity index is 721. The highest BCUT2D eigenvalue weighted by Gasteiger charge is 2.37. The summed E-state index contributed by atoms with van der Waals surface area (Å²) in [5, 5.41) is 7.45. The summed E-state index contributed by atoms with van der Waals surface area (Å²) in [5.74, 6) is 1.34. The van der Waals surface area contributed by atoms with E-state index in [1.165, 1.54) is 15.6 Å². The third-order valence-electron chi connectivity index (χ3n) is 5.61. The Kier molecular flexibility index (Phi) is 4.59. The Morgan fingerprint density at radius 1 is 1.29 bits per heavy atom. The molecule has 3 nitrogen and oxygen atoms in total. The number of piperidine rings is 1. The van der Waals surface area contributed by atoms with Crippen molar-refractivity contribution in [3.05, 3.63) is 35.2 Å². The first-order chi connectivity index (χ1) is 11.8. The molecule has 1 saturated carbocycles. The van der Waals surface area contributed by atoms with Gasteiger partial charge in [-0.05, 0) is 47.6 Å². The van der Waals surface area contributed by atoms with Crippen molar-refractivity contribution in [1.82, 2.24) is 10.2 Å². The van der Waals surface area contributed by atoms with Gasteiger partial charge in [0, 0.05) is 36.3 Å². The maximum atomic E-state index is 12.3. The standard InChI is InChI=1S/C20H26N2OS/c1-2-14-12-22(20(23)15-7-8-15)10-9-18(14)21-11-16-13-24-19-6-4-3-5-17(16)19/h3-6,13-15,18,21H,2,7-12H2,1H3/t14-,18-/m1/s1. The molecule has 1 aromatic carbocycles. The van der Waals surface area contributed by atoms with Crippen molar-refractivity contribution in [3.63, 3.8) is 0 Å². The molecule has 2 heterocycles. The second-order valence-corrected chi connectivity index (χ2v) is 8.17. The Morgan fingerprint density at radius 2 is 2.12 bits per heavy atom. The lowest BCUT2D eigenvalue weighted by Gasteiger charge is -2.39. The lowest BCUT2D eigenvalue weighted by atomic mass is 9.89. The summed E-state index contributed by atoms with van der Waals surface area (Å²) < 4.78 is 1.37. The number of likely N-dealkylation sites (tertiary alicyclic amines) is 1. The third-order valence-corrected chi connectivity index (χ3v) is 6.62. The number of nitrogens with one attached hydrogen (secondary N) is 1. The van der Waals surface area contributed by atoms with Crippen LogP contribution in [-0.4, -0.2) is 29.9 Å². The lowest BCUT2D eigenvalue weighted by Crippen LogP contribution is -2.51. The van der Waals surface area contributed by atoms with E-state index in [0.29, 0.717) is 23.8 Å². The molecule has 2 aliphatic rings. The van der Waals surface area contributed by atoms with Crippen LogP contribution in [0.4, 0.5) is 0 Å². The first-order valence-electron chi connectivity index (χ1n) is 9.23. The van der Waals surface area contributed by atoms with Gasteiger partial charge in [-0.2, -0.15) is 0 Å². The normalized spacial score (nSPS) is 24.5. The largest absolute Gasteiger partial charge is 0.342 e. The summed E-state index contributed by atoms with van der Waals surface area (Å²) in [5.41, 5.74) is 1.40. The predicted octanol–water partition coefficient (Wildman–Crippen LogP) is 4.03. The van der Waals surface area contributed by atoms with E-state index < -0.39 is 0 Å². The minimum atomic E-state index is 0.351. The van der Waals surface area contributed by atoms with Crippen LogP contribution in [0.3, 0.4) is 0 Å². The lowest BCUT2D eigenvalue weighted by molar-refractivity contribution is -0.134. The van der Waals surface area contributed by atoms with Crippen LogP contribution in [0, 0.1) is 11.8 Å². The maximum absolute atomic E-state index is 12.3. The number of amides is 1. The second kappa shape index (κ2) is 6.85. The summed E-state index contributed by atoms with van der Waals surface area (Å²) in [6.45, 7) is 5.05. The molecule has 1 aromatic heterocycles. The SMILES string of the molecule is CC[C@@H]1CN(C(=O)C2CC2)CC[C@H]1NCc1csc2ccccc12. The molecule has 128 valence electrons. The fourth-order valence-electron chi connectivity index (χ4n) is 3.91. The van der Waals surface area contributed by atoms with E-state index in [1.54, 1.807) is 0 Å². The summed E-state index contributed by atoms with van der Waals surface area (Å²) >= 11 is 1.83. The number of thiophene rings is 1. The van der Waals surface area contributed by atoms with Gasteiger partial charge in [0.05, 0.1) is 0 Å². The predicted molar refractivity (Wildman–Crippen MR) is 100 cm³/mol. The van der Waals surface area contributed by atoms with Gasteiger partial charge < -0.3 is 10.2 Å². The van der Waals surface area contributed by atoms with E-state index in [2.05, 4.69) is 46.8 Å². The van der Waals surface area contributed by atoms with Gasteiger partial charge in [-0.3, -0.25) is 4.79 Å². The molecule has 2 aromatic rings. The molecule has 1 amide bonds. The molecular weight excluding hydrogens is 316 g/mol. The van der Waals surface area contributed by atoms with Crippen molar-refractivity contribution in [1.29, 1.82) is 0 Å². The van der Waals surface area contributed by atoms with Crippen LogP contribution >= 0.6 is 11.3 Å². The number of fused-ring (bicyclic) bond motifs is 1. The fraction of sp³-hybridized carbons (Fsp3) is 0.550. The molecule has 0 radical (unpaired) electrons. The van der Waals surface area contributed by atoms with Gasteiger partial charge in [-0.15, -0.1) is 11.3 Å². The highest BCUT2D eigenvalue weighted by molar-refractivity contribution is 7.17. The molecule has 0 spiro atoms. The van der Waals surface area contributed by atoms with Crippen molar-refractivity contribution in [3.8, 4) is 0 Å². The van der Waals surface area contributed by atoms with Crippen molar-refractivity contribution >= 4 is 27.3 Å². The van der Waals surface area contributed by atoms with E-state index >= 15 is 0 Å². The average molecular weight is 343 g/mol. The van der Waals surface area contributed by atoms with Crippen molar-refractivity contribution < 1.29 is 4.79 Å². The quantitative estimate of drug-likeness (QED) is 0.890. The summed E-state index contributed by atoms with van der Waals surface area (Å²) in [4.78, 5) is 14.5. The number of hydrogen-bond acceptors (Lipinski definition) is 3. The molecular formula is C20H26N2OS. The minimum absolute atomic E-state index is 0.351. The van der Waals surface area contributed by atoms with Gasteiger partial charge >= 0.3 is 0 Å². The first-order valence-corrected chi connectivity index (χ1v) is 10.1. The first kappa shape index (κ1) is 16.1. The van der Waals surface area contributed by atoms with Gasteiger partial charge in [0.25, 0.3) is 0 Å². The van der Waals surface area contributed by atoms with E-state index in [0.717, 1.165) is 45.3 Å². The molecule has 2 atom stereocenters. The van der Waals surface area contributed by atoms with Gasteiger partial charge in [0.1, 0.15) is 0 Å². The molecule has 2 fully saturated rings. The number of benzene rings is 1. The number of hydrogen-bond donors (Lipinski definition) is 1. The zero-order valence-corrected chi connectivity index (χ0v) is 15.1. The Hall–Kier alpha value is -1.39. The highest BCUT2D eigenvalue weighted by atomic mass is 32.1. The molecule has 4 rings (SSSR count). The molecule has 24 heavy (non-hydrogen) atoms. The zero-order chi connectivity index (χ0) is 16.5. The van der Waals surface area contributed by atoms with Crippen LogP contribution in [-0.2, 0) is 11.3 Å². The summed E-state index contributed by atoms with van der Waals surface area (Å²) in [7, 11) is 0. The molecule has 1 saturated heterocycles. The molecule has 0 unspecified atom stereocenters. The van der Waals surface area contributed by atoms with Crippen LogP contribution in [0.5, 0.6) is 0 Å². The minimum Gasteiger partial charge on any atom is -0.342 e. The molecule has 1 N–H and O–H groups in total. The van der Waals surface area contributed by atoms with E-state index in [1.807, 2.05) is 11.3 Å². The van der Waals surface area contributed by atoms with Crippen LogP contribution in [0.15, 0.2) is 29.6 Å². The summed E-state index contributed by atoms with van der Waals surface area (Å²) in [6.07, 6.45) is 4.44. The number of carbonyl (C=O) groups excluding carboxylic acids is 1. The monoisotopic (exact) mass is 342 g/mol. The Balaban J connectivity index is 1.38. The van der Waals surface area contributed by atoms with Crippen molar-refractivity contribution in [2.24, 2.45) is 11.8 Å². The molecule has 0 bridgehead atoms. The number of carbonyl (C=O) groups is 1. The number of nitrogens with zero attached hydrogens (tertiary/aromatic N) is 1. The zero-order valence-electron chi connectivity index (χ0n) is 14.3. The second-order valence-electron chi connectivity index (χ2n) is 7.26. The van der Waals surface area contributed by atoms with Gasteiger partial charge in [0.2, 0.25) is 5.91 Å². The number of rotatable bonds is 5. The van der Waals surface area contributed by atoms with Gasteiger partial charge in [-0.1, -0.05) is 31.5 Å². The van der Waals surface area contributed by atoms with Crippen molar-refractivity contribution in [2.45, 2.75) is 45.2 Å². The van der Waals surface area contributed by atoms with E-state index in [9.17, 15) is 4.79 Å². The van der Waals surface area contributed by atoms with Crippen LogP contribution in [0.2, 0.25) is 0 Å². The van der Waals surface area contributed by atoms with Gasteiger partial charge in [-0.25, -0.2) is 0 Å². The third kappa shape index (κ3) is 3.22. The van der Waals surface area contributed by atoms with Crippen LogP contribution in [0.1, 0.15) is 38.2 Å². The summed E-state index contributed by atoms with van der Waals surface area (Å²) in [6, 6.07) is 9.17. The Morgan fingerprint density at radius 3 is 2.92 bits per heavy atom. The maximum Gasteiger partial charge on any atom is 0.225 e. The molecule has 1 aliphatic carbocycles. The van der Waals surface area contributed by atoms with E-state index in [4.69, 9.17) is 0 Å². The Labute approximate surface area is 148 Å². The van der Waals surface area contributed by atoms with Crippen LogP contribution in [0.25, 0.3) is 10.1 Å². The fourth-order valence-corrected chi connectivity index (χ4v) is 4.88. The topological polar surface area (TPSA) is 32.3 Å². The van der Waals surface area contributed by atoms with Crippen LogP contribution < -0.4 is 5.32 Å². The van der Waals surface area contributed by atoms with E-state index in [-0.39, 0.29) is 0 Å². The average Bonchev–Trinajstić information content (AvgIpc) is 3.40. The highest BCUT2D eigenvalue weighted by Crippen LogP contribution is 2.33. The van der Waals surface area contributed by atoms with Crippen molar-refractivity contribution in [2.75, 3.05) is 13.1 Å². The van der Waals surface area contributed by atoms with Gasteiger partial charge in [0.15, 0.2) is 0 Å². The molecule has 4 heteroatoms. The smallest absolute Gasteiger partial charge is 0.225 e. The molecule has 1 aliphatic heterocycles.